The predicted molar refractivity (Wildman–Crippen MR) is 143 cm³/mol. The summed E-state index contributed by atoms with van der Waals surface area (Å²) in [4.78, 5) is 0. The van der Waals surface area contributed by atoms with Crippen LogP contribution in [0.3, 0.4) is 0 Å². The van der Waals surface area contributed by atoms with E-state index in [0.29, 0.717) is 25.2 Å². The van der Waals surface area contributed by atoms with E-state index >= 15 is 0 Å². The van der Waals surface area contributed by atoms with Crippen molar-refractivity contribution >= 4 is 108 Å². The fourth-order valence-corrected chi connectivity index (χ4v) is 5.19. The summed E-state index contributed by atoms with van der Waals surface area (Å²) >= 11 is 0. The Morgan fingerprint density at radius 3 is 1.74 bits per heavy atom. The third-order valence-electron chi connectivity index (χ3n) is 6.57. The Hall–Kier alpha value is 0.934. The molecule has 0 aromatic carbocycles. The number of rotatable bonds is 8. The molecule has 1 fully saturated rings. The Labute approximate surface area is 157 Å². The molecule has 0 aromatic heterocycles. The zero-order valence-electron chi connectivity index (χ0n) is 17.7. The minimum absolute atomic E-state index is 0.577. The molecule has 1 aliphatic rings. The Balaban J connectivity index is 2.93. The summed E-state index contributed by atoms with van der Waals surface area (Å²) in [7, 11) is 20.8. The fraction of sp³-hybridized carbons (Fsp3) is 1.00. The molecule has 0 atom stereocenters. The van der Waals surface area contributed by atoms with Crippen LogP contribution >= 0.6 is 0 Å². The van der Waals surface area contributed by atoms with Gasteiger partial charge in [0.25, 0.3) is 0 Å². The minimum Gasteiger partial charge on any atom is -0.464 e. The molecule has 108 valence electrons. The van der Waals surface area contributed by atoms with Gasteiger partial charge in [0, 0.05) is 19.2 Å². The lowest BCUT2D eigenvalue weighted by atomic mass is 8.64. The monoisotopic (exact) mass is 293 g/mol. The van der Waals surface area contributed by atoms with E-state index < -0.39 is 0 Å². The highest BCUT2D eigenvalue weighted by Gasteiger charge is 2.41. The van der Waals surface area contributed by atoms with Crippen molar-refractivity contribution in [3.05, 3.63) is 0 Å². The standard InChI is InChI=1S/C7H30B15N/c1-7(5-3-2-4-6-7)16-20(14)23(19(12)13)22(18(10)11)21(15)17(8)9/h16H,2-6,8-15H2,1H3. The van der Waals surface area contributed by atoms with Crippen LogP contribution in [-0.2, 0) is 0 Å². The molecule has 0 unspecified atom stereocenters. The van der Waals surface area contributed by atoms with Crippen molar-refractivity contribution in [2.45, 2.75) is 44.3 Å². The first-order valence-electron chi connectivity index (χ1n) is 10.4. The van der Waals surface area contributed by atoms with Crippen LogP contribution in [0, 0.1) is 0 Å². The van der Waals surface area contributed by atoms with Crippen molar-refractivity contribution in [3.8, 4) is 0 Å². The van der Waals surface area contributed by atoms with Gasteiger partial charge in [-0.2, -0.15) is 0 Å². The molecule has 0 radical (unpaired) electrons. The van der Waals surface area contributed by atoms with Crippen LogP contribution in [0.2, 0.25) is 5.31 Å². The van der Waals surface area contributed by atoms with E-state index in [1.807, 2.05) is 0 Å². The van der Waals surface area contributed by atoms with Crippen LogP contribution in [0.15, 0.2) is 0 Å². The Morgan fingerprint density at radius 1 is 0.826 bits per heavy atom. The zero-order valence-corrected chi connectivity index (χ0v) is 17.7. The number of nitrogens with zero attached hydrogens (tertiary/aromatic N) is 1. The lowest BCUT2D eigenvalue weighted by Gasteiger charge is -2.46. The fourth-order valence-electron chi connectivity index (χ4n) is 5.19. The molecule has 1 nitrogen and oxygen atoms in total. The van der Waals surface area contributed by atoms with Gasteiger partial charge >= 0.3 is 0 Å². The van der Waals surface area contributed by atoms with Gasteiger partial charge in [0.2, 0.25) is 0 Å². The summed E-state index contributed by atoms with van der Waals surface area (Å²) in [6.45, 7) is 4.56. The Bertz CT molecular complexity index is 345. The van der Waals surface area contributed by atoms with Gasteiger partial charge < -0.3 is 4.63 Å². The van der Waals surface area contributed by atoms with Gasteiger partial charge in [-0.05, 0) is 0 Å². The average molecular weight is 291 g/mol. The van der Waals surface area contributed by atoms with E-state index in [9.17, 15) is 0 Å². The van der Waals surface area contributed by atoms with Gasteiger partial charge in [-0.15, -0.1) is 0 Å². The summed E-state index contributed by atoms with van der Waals surface area (Å²) in [5, 5.41) is 0.577. The average Bonchev–Trinajstić information content (AvgIpc) is 2.42. The zero-order chi connectivity index (χ0) is 17.8. The SMILES string of the molecule is BB(B)B(B)B(B(B)B)N(B(B)B)B(B)BC1(C)CCCCC1. The molecular weight excluding hydrogens is 260 g/mol. The first-order chi connectivity index (χ1) is 10.6. The molecule has 23 heavy (non-hydrogen) atoms. The molecule has 1 rings (SSSR count). The summed E-state index contributed by atoms with van der Waals surface area (Å²) in [5.41, 5.74) is 0. The van der Waals surface area contributed by atoms with Crippen molar-refractivity contribution in [1.29, 1.82) is 0 Å². The first-order valence-corrected chi connectivity index (χ1v) is 10.4. The Kier molecular flexibility index (Phi) is 9.16. The maximum Gasteiger partial charge on any atom is 0.118 e. The molecule has 16 heteroatoms. The van der Waals surface area contributed by atoms with Gasteiger partial charge in [0.05, 0.1) is 68.5 Å². The smallest absolute Gasteiger partial charge is 0.118 e. The maximum atomic E-state index is 2.87. The maximum absolute atomic E-state index is 2.87. The van der Waals surface area contributed by atoms with E-state index in [4.69, 9.17) is 0 Å². The molecule has 0 aliphatic heterocycles. The topological polar surface area (TPSA) is 3.24 Å². The molecule has 0 aromatic rings. The lowest BCUT2D eigenvalue weighted by molar-refractivity contribution is 0.402. The van der Waals surface area contributed by atoms with Gasteiger partial charge in [-0.25, -0.2) is 0 Å². The highest BCUT2D eigenvalue weighted by molar-refractivity contribution is 7.92. The number of hydrogen-bond donors (Lipinski definition) is 0. The largest absolute Gasteiger partial charge is 0.464 e. The van der Waals surface area contributed by atoms with E-state index in [2.05, 4.69) is 73.5 Å². The lowest BCUT2D eigenvalue weighted by Crippen LogP contribution is -2.75. The summed E-state index contributed by atoms with van der Waals surface area (Å²) in [5.74, 6) is 0. The van der Waals surface area contributed by atoms with E-state index in [0.717, 1.165) is 19.2 Å². The van der Waals surface area contributed by atoms with Crippen molar-refractivity contribution in [2.75, 3.05) is 0 Å². The molecule has 0 spiro atoms. The third-order valence-corrected chi connectivity index (χ3v) is 6.57. The third kappa shape index (κ3) is 6.30. The quantitative estimate of drug-likeness (QED) is 0.402. The van der Waals surface area contributed by atoms with Crippen molar-refractivity contribution < 1.29 is 0 Å². The van der Waals surface area contributed by atoms with E-state index in [1.165, 1.54) is 39.3 Å². The summed E-state index contributed by atoms with van der Waals surface area (Å²) in [6.07, 6.45) is 9.44. The van der Waals surface area contributed by atoms with Crippen LogP contribution in [-0.4, -0.2) is 113 Å². The normalized spacial score (nSPS) is 16.4. The molecule has 1 aliphatic carbocycles. The van der Waals surface area contributed by atoms with Crippen LogP contribution in [0.5, 0.6) is 0 Å². The van der Waals surface area contributed by atoms with E-state index in [-0.39, 0.29) is 0 Å². The predicted octanol–water partition coefficient (Wildman–Crippen LogP) is -7.90. The molecule has 1 saturated carbocycles. The van der Waals surface area contributed by atoms with Crippen molar-refractivity contribution in [1.82, 2.24) is 4.63 Å². The molecule has 0 saturated heterocycles. The summed E-state index contributed by atoms with van der Waals surface area (Å²) in [6, 6.07) is 0. The highest BCUT2D eigenvalue weighted by Crippen LogP contribution is 2.41. The van der Waals surface area contributed by atoms with Crippen LogP contribution in [0.1, 0.15) is 39.0 Å². The molecule has 0 N–H and O–H groups in total. The van der Waals surface area contributed by atoms with Gasteiger partial charge in [-0.3, -0.25) is 0 Å². The minimum atomic E-state index is 0.577. The highest BCUT2D eigenvalue weighted by atomic mass is 14.9. The molecule has 0 heterocycles. The molecular formula is C7H30B15N. The van der Waals surface area contributed by atoms with Crippen LogP contribution in [0.4, 0.5) is 0 Å². The second-order valence-electron chi connectivity index (χ2n) is 9.80. The van der Waals surface area contributed by atoms with Crippen molar-refractivity contribution in [3.63, 3.8) is 0 Å². The van der Waals surface area contributed by atoms with Crippen LogP contribution < -0.4 is 0 Å². The van der Waals surface area contributed by atoms with E-state index in [1.54, 1.807) is 0 Å². The van der Waals surface area contributed by atoms with Gasteiger partial charge in [0.15, 0.2) is 0 Å². The Morgan fingerprint density at radius 2 is 1.35 bits per heavy atom. The van der Waals surface area contributed by atoms with Crippen LogP contribution in [0.25, 0.3) is 0 Å². The number of hydrogen-bond acceptors (Lipinski definition) is 1. The summed E-state index contributed by atoms with van der Waals surface area (Å²) < 4.78 is 2.87. The molecule has 0 bridgehead atoms. The van der Waals surface area contributed by atoms with Gasteiger partial charge in [0.1, 0.15) is 20.4 Å². The second-order valence-corrected chi connectivity index (χ2v) is 9.80. The molecule has 0 amide bonds. The van der Waals surface area contributed by atoms with Gasteiger partial charge in [-0.1, -0.05) is 44.3 Å². The first kappa shape index (κ1) is 22.0. The second kappa shape index (κ2) is 9.58. The van der Waals surface area contributed by atoms with Crippen molar-refractivity contribution in [2.24, 2.45) is 0 Å².